The molecule has 0 saturated heterocycles. The summed E-state index contributed by atoms with van der Waals surface area (Å²) in [5.41, 5.74) is 3.96. The first-order valence-corrected chi connectivity index (χ1v) is 9.10. The molecular formula is C17H19N5O4S. The van der Waals surface area contributed by atoms with Crippen LogP contribution >= 0.6 is 0 Å². The zero-order valence-electron chi connectivity index (χ0n) is 14.7. The van der Waals surface area contributed by atoms with Crippen molar-refractivity contribution in [2.45, 2.75) is 0 Å². The minimum absolute atomic E-state index is 0.574. The van der Waals surface area contributed by atoms with Crippen molar-refractivity contribution in [2.24, 2.45) is 0 Å². The molecule has 2 heterocycles. The molecule has 3 aromatic rings. The van der Waals surface area contributed by atoms with Gasteiger partial charge in [0.15, 0.2) is 0 Å². The van der Waals surface area contributed by atoms with Gasteiger partial charge in [-0.25, -0.2) is 9.97 Å². The number of aromatic nitrogens is 3. The molecular weight excluding hydrogens is 370 g/mol. The first kappa shape index (κ1) is 20.2. The summed E-state index contributed by atoms with van der Waals surface area (Å²) in [6, 6.07) is 13.9. The molecule has 2 aromatic heterocycles. The highest BCUT2D eigenvalue weighted by Gasteiger charge is 2.03. The summed E-state index contributed by atoms with van der Waals surface area (Å²) in [6.45, 7) is 0. The van der Waals surface area contributed by atoms with Crippen molar-refractivity contribution in [1.82, 2.24) is 15.0 Å². The topological polar surface area (TPSA) is 129 Å². The SMILES string of the molecule is CN(C)c1cccc(Nc2nccc(-c3ccncc3)n2)c1.O=S(=O)(O)O. The van der Waals surface area contributed by atoms with Gasteiger partial charge in [0, 0.05) is 49.6 Å². The summed E-state index contributed by atoms with van der Waals surface area (Å²) in [5.74, 6) is 0.574. The number of nitrogens with one attached hydrogen (secondary N) is 1. The van der Waals surface area contributed by atoms with Crippen LogP contribution in [0.2, 0.25) is 0 Å². The molecule has 10 heteroatoms. The zero-order valence-corrected chi connectivity index (χ0v) is 15.5. The van der Waals surface area contributed by atoms with Crippen molar-refractivity contribution >= 4 is 27.7 Å². The Morgan fingerprint density at radius 3 is 2.30 bits per heavy atom. The lowest BCUT2D eigenvalue weighted by Crippen LogP contribution is -2.08. The number of hydrogen-bond acceptors (Lipinski definition) is 7. The van der Waals surface area contributed by atoms with Crippen molar-refractivity contribution < 1.29 is 17.5 Å². The molecule has 0 bridgehead atoms. The van der Waals surface area contributed by atoms with E-state index in [-0.39, 0.29) is 0 Å². The monoisotopic (exact) mass is 389 g/mol. The molecule has 1 aromatic carbocycles. The van der Waals surface area contributed by atoms with E-state index >= 15 is 0 Å². The summed E-state index contributed by atoms with van der Waals surface area (Å²) in [5, 5.41) is 3.24. The minimum atomic E-state index is -4.67. The van der Waals surface area contributed by atoms with Crippen molar-refractivity contribution in [2.75, 3.05) is 24.3 Å². The Kier molecular flexibility index (Phi) is 6.77. The third kappa shape index (κ3) is 7.36. The van der Waals surface area contributed by atoms with Crippen LogP contribution in [0.3, 0.4) is 0 Å². The lowest BCUT2D eigenvalue weighted by molar-refractivity contribution is 0.381. The smallest absolute Gasteiger partial charge is 0.378 e. The normalized spacial score (nSPS) is 10.5. The van der Waals surface area contributed by atoms with Crippen molar-refractivity contribution in [3.8, 4) is 11.3 Å². The molecule has 0 amide bonds. The maximum Gasteiger partial charge on any atom is 0.394 e. The highest BCUT2D eigenvalue weighted by Crippen LogP contribution is 2.21. The van der Waals surface area contributed by atoms with Crippen molar-refractivity contribution in [3.63, 3.8) is 0 Å². The minimum Gasteiger partial charge on any atom is -0.378 e. The van der Waals surface area contributed by atoms with Crippen LogP contribution in [0.5, 0.6) is 0 Å². The standard InChI is InChI=1S/C17H17N5.H2O4S/c1-22(2)15-5-3-4-14(12-15)20-17-19-11-8-16(21-17)13-6-9-18-10-7-13;1-5(2,3)4/h3-12H,1-2H3,(H,19,20,21);(H2,1,2,3,4). The Balaban J connectivity index is 0.000000465. The second kappa shape index (κ2) is 9.03. The largest absolute Gasteiger partial charge is 0.394 e. The summed E-state index contributed by atoms with van der Waals surface area (Å²) in [4.78, 5) is 14.9. The number of hydrogen-bond donors (Lipinski definition) is 3. The predicted molar refractivity (Wildman–Crippen MR) is 103 cm³/mol. The van der Waals surface area contributed by atoms with Crippen LogP contribution in [0.15, 0.2) is 61.1 Å². The van der Waals surface area contributed by atoms with E-state index in [2.05, 4.69) is 37.3 Å². The highest BCUT2D eigenvalue weighted by atomic mass is 32.3. The van der Waals surface area contributed by atoms with Crippen LogP contribution in [-0.4, -0.2) is 46.6 Å². The zero-order chi connectivity index (χ0) is 19.9. The molecule has 0 spiro atoms. The van der Waals surface area contributed by atoms with Crippen LogP contribution in [-0.2, 0) is 10.4 Å². The molecule has 3 N–H and O–H groups in total. The van der Waals surface area contributed by atoms with E-state index in [1.807, 2.05) is 44.4 Å². The van der Waals surface area contributed by atoms with Gasteiger partial charge in [-0.2, -0.15) is 8.42 Å². The fourth-order valence-corrected chi connectivity index (χ4v) is 2.09. The Hall–Kier alpha value is -3.08. The molecule has 27 heavy (non-hydrogen) atoms. The predicted octanol–water partition coefficient (Wildman–Crippen LogP) is 2.70. The fraction of sp³-hybridized carbons (Fsp3) is 0.118. The molecule has 0 saturated carbocycles. The Bertz CT molecular complexity index is 973. The number of pyridine rings is 1. The molecule has 0 aliphatic rings. The molecule has 0 fully saturated rings. The second-order valence-corrected chi connectivity index (χ2v) is 6.41. The molecule has 3 rings (SSSR count). The van der Waals surface area contributed by atoms with Crippen LogP contribution in [0, 0.1) is 0 Å². The lowest BCUT2D eigenvalue weighted by Gasteiger charge is -2.14. The van der Waals surface area contributed by atoms with E-state index in [0.717, 1.165) is 22.6 Å². The lowest BCUT2D eigenvalue weighted by atomic mass is 10.2. The number of benzene rings is 1. The van der Waals surface area contributed by atoms with Crippen LogP contribution < -0.4 is 10.2 Å². The molecule has 142 valence electrons. The molecule has 0 aliphatic carbocycles. The van der Waals surface area contributed by atoms with Crippen LogP contribution in [0.1, 0.15) is 0 Å². The van der Waals surface area contributed by atoms with Gasteiger partial charge in [-0.3, -0.25) is 14.1 Å². The molecule has 0 aliphatic heterocycles. The van der Waals surface area contributed by atoms with Gasteiger partial charge in [-0.15, -0.1) is 0 Å². The fourth-order valence-electron chi connectivity index (χ4n) is 2.09. The highest BCUT2D eigenvalue weighted by molar-refractivity contribution is 7.79. The third-order valence-electron chi connectivity index (χ3n) is 3.25. The average Bonchev–Trinajstić information content (AvgIpc) is 2.61. The van der Waals surface area contributed by atoms with E-state index in [0.29, 0.717) is 5.95 Å². The number of anilines is 3. The summed E-state index contributed by atoms with van der Waals surface area (Å²) in [7, 11) is -0.640. The van der Waals surface area contributed by atoms with E-state index < -0.39 is 10.4 Å². The quantitative estimate of drug-likeness (QED) is 0.577. The number of nitrogens with zero attached hydrogens (tertiary/aromatic N) is 4. The molecule has 0 unspecified atom stereocenters. The van der Waals surface area contributed by atoms with Gasteiger partial charge >= 0.3 is 10.4 Å². The van der Waals surface area contributed by atoms with Gasteiger partial charge in [-0.1, -0.05) is 6.07 Å². The van der Waals surface area contributed by atoms with Gasteiger partial charge in [-0.05, 0) is 36.4 Å². The Morgan fingerprint density at radius 1 is 1.00 bits per heavy atom. The Labute approximate surface area is 157 Å². The average molecular weight is 389 g/mol. The summed E-state index contributed by atoms with van der Waals surface area (Å²) < 4.78 is 31.6. The van der Waals surface area contributed by atoms with E-state index in [1.165, 1.54) is 0 Å². The maximum atomic E-state index is 8.74. The van der Waals surface area contributed by atoms with Crippen molar-refractivity contribution in [1.29, 1.82) is 0 Å². The van der Waals surface area contributed by atoms with Gasteiger partial charge in [0.25, 0.3) is 0 Å². The number of rotatable bonds is 4. The summed E-state index contributed by atoms with van der Waals surface area (Å²) >= 11 is 0. The molecule has 0 atom stereocenters. The summed E-state index contributed by atoms with van der Waals surface area (Å²) in [6.07, 6.45) is 5.26. The first-order valence-electron chi connectivity index (χ1n) is 7.70. The second-order valence-electron chi connectivity index (χ2n) is 5.52. The van der Waals surface area contributed by atoms with Gasteiger partial charge in [0.1, 0.15) is 0 Å². The first-order chi connectivity index (χ1) is 12.7. The van der Waals surface area contributed by atoms with Crippen LogP contribution in [0.25, 0.3) is 11.3 Å². The van der Waals surface area contributed by atoms with E-state index in [1.54, 1.807) is 18.6 Å². The molecule has 0 radical (unpaired) electrons. The van der Waals surface area contributed by atoms with E-state index in [9.17, 15) is 0 Å². The Morgan fingerprint density at radius 2 is 1.67 bits per heavy atom. The van der Waals surface area contributed by atoms with Crippen molar-refractivity contribution in [3.05, 3.63) is 61.1 Å². The van der Waals surface area contributed by atoms with Gasteiger partial charge in [0.2, 0.25) is 5.95 Å². The molecule has 9 nitrogen and oxygen atoms in total. The maximum absolute atomic E-state index is 8.74. The van der Waals surface area contributed by atoms with Crippen LogP contribution in [0.4, 0.5) is 17.3 Å². The van der Waals surface area contributed by atoms with E-state index in [4.69, 9.17) is 17.5 Å². The third-order valence-corrected chi connectivity index (χ3v) is 3.25. The van der Waals surface area contributed by atoms with Gasteiger partial charge < -0.3 is 10.2 Å². The van der Waals surface area contributed by atoms with Gasteiger partial charge in [0.05, 0.1) is 5.69 Å².